The molecular weight excluding hydrogens is 404 g/mol. The lowest BCUT2D eigenvalue weighted by molar-refractivity contribution is -0.134. The van der Waals surface area contributed by atoms with Gasteiger partial charge in [-0.2, -0.15) is 0 Å². The minimum absolute atomic E-state index is 0.0670. The second-order valence-electron chi connectivity index (χ2n) is 8.36. The van der Waals surface area contributed by atoms with Gasteiger partial charge in [-0.15, -0.1) is 5.10 Å². The zero-order valence-electron chi connectivity index (χ0n) is 18.4. The Morgan fingerprint density at radius 3 is 2.75 bits per heavy atom. The quantitative estimate of drug-likeness (QED) is 0.634. The molecule has 3 heterocycles. The lowest BCUT2D eigenvalue weighted by Crippen LogP contribution is -2.41. The fourth-order valence-corrected chi connectivity index (χ4v) is 4.59. The van der Waals surface area contributed by atoms with E-state index in [1.165, 1.54) is 0 Å². The molecule has 3 aromatic rings. The summed E-state index contributed by atoms with van der Waals surface area (Å²) < 4.78 is 9.25. The van der Waals surface area contributed by atoms with E-state index in [4.69, 9.17) is 4.74 Å². The molecule has 3 unspecified atom stereocenters. The first-order valence-corrected chi connectivity index (χ1v) is 10.8. The number of imidazole rings is 1. The lowest BCUT2D eigenvalue weighted by Gasteiger charge is -2.30. The molecular formula is C24H26N6O2. The van der Waals surface area contributed by atoms with Crippen LogP contribution in [0.2, 0.25) is 0 Å². The van der Waals surface area contributed by atoms with Gasteiger partial charge in [-0.25, -0.2) is 9.67 Å². The van der Waals surface area contributed by atoms with Crippen LogP contribution in [0, 0.1) is 12.8 Å². The Kier molecular flexibility index (Phi) is 5.13. The number of allylic oxidation sites excluding steroid dienone is 2. The van der Waals surface area contributed by atoms with E-state index in [1.807, 2.05) is 60.1 Å². The highest BCUT2D eigenvalue weighted by molar-refractivity contribution is 5.81. The first-order chi connectivity index (χ1) is 15.5. The van der Waals surface area contributed by atoms with Crippen LogP contribution in [-0.2, 0) is 4.79 Å². The van der Waals surface area contributed by atoms with Crippen LogP contribution in [0.4, 0.5) is 0 Å². The van der Waals surface area contributed by atoms with E-state index in [0.717, 1.165) is 29.8 Å². The Bertz CT molecular complexity index is 1210. The molecule has 0 saturated carbocycles. The van der Waals surface area contributed by atoms with Crippen LogP contribution in [0.25, 0.3) is 16.9 Å². The number of aromatic nitrogens is 5. The molecule has 2 aromatic heterocycles. The first kappa shape index (κ1) is 20.2. The van der Waals surface area contributed by atoms with Crippen molar-refractivity contribution in [3.05, 3.63) is 66.9 Å². The number of hydrogen-bond donors (Lipinski definition) is 0. The number of benzene rings is 1. The third-order valence-electron chi connectivity index (χ3n) is 6.36. The maximum absolute atomic E-state index is 13.2. The number of likely N-dealkylation sites (N-methyl/N-ethyl adjacent to an activating group) is 1. The van der Waals surface area contributed by atoms with Gasteiger partial charge in [0.2, 0.25) is 5.91 Å². The van der Waals surface area contributed by atoms with Crippen molar-refractivity contribution in [1.29, 1.82) is 0 Å². The molecule has 3 atom stereocenters. The van der Waals surface area contributed by atoms with Gasteiger partial charge in [0.15, 0.2) is 0 Å². The summed E-state index contributed by atoms with van der Waals surface area (Å²) in [5, 5.41) is 8.69. The summed E-state index contributed by atoms with van der Waals surface area (Å²) in [5.41, 5.74) is 3.41. The number of hydrogen-bond acceptors (Lipinski definition) is 5. The monoisotopic (exact) mass is 430 g/mol. The number of carbonyl (C=O) groups excluding carboxylic acids is 1. The Balaban J connectivity index is 1.43. The van der Waals surface area contributed by atoms with Gasteiger partial charge in [0, 0.05) is 24.7 Å². The topological polar surface area (TPSA) is 78.1 Å². The number of nitrogens with zero attached hydrogens (tertiary/aromatic N) is 6. The third-order valence-corrected chi connectivity index (χ3v) is 6.36. The van der Waals surface area contributed by atoms with E-state index >= 15 is 0 Å². The van der Waals surface area contributed by atoms with Crippen molar-refractivity contribution in [3.8, 4) is 22.7 Å². The van der Waals surface area contributed by atoms with Gasteiger partial charge in [0.25, 0.3) is 0 Å². The van der Waals surface area contributed by atoms with Crippen molar-refractivity contribution >= 4 is 5.91 Å². The molecule has 1 fully saturated rings. The highest BCUT2D eigenvalue weighted by Crippen LogP contribution is 2.33. The second kappa shape index (κ2) is 8.11. The van der Waals surface area contributed by atoms with Crippen LogP contribution in [-0.4, -0.2) is 55.6 Å². The molecule has 8 nitrogen and oxygen atoms in total. The number of aryl methyl sites for hydroxylation is 1. The van der Waals surface area contributed by atoms with Crippen molar-refractivity contribution in [2.24, 2.45) is 5.92 Å². The van der Waals surface area contributed by atoms with Gasteiger partial charge in [-0.05, 0) is 31.9 Å². The molecule has 1 aliphatic heterocycles. The minimum atomic E-state index is -0.358. The highest BCUT2D eigenvalue weighted by Gasteiger charge is 2.36. The molecule has 0 bridgehead atoms. The van der Waals surface area contributed by atoms with Crippen molar-refractivity contribution in [2.75, 3.05) is 14.2 Å². The normalized spacial score (nSPS) is 22.7. The van der Waals surface area contributed by atoms with Gasteiger partial charge < -0.3 is 14.2 Å². The van der Waals surface area contributed by atoms with Crippen LogP contribution in [0.5, 0.6) is 5.75 Å². The van der Waals surface area contributed by atoms with Crippen LogP contribution < -0.4 is 4.74 Å². The third kappa shape index (κ3) is 3.51. The molecule has 8 heteroatoms. The summed E-state index contributed by atoms with van der Waals surface area (Å²) in [6.07, 6.45) is 15.6. The molecule has 32 heavy (non-hydrogen) atoms. The van der Waals surface area contributed by atoms with E-state index in [-0.39, 0.29) is 18.0 Å². The maximum atomic E-state index is 13.2. The number of rotatable bonds is 4. The van der Waals surface area contributed by atoms with Gasteiger partial charge in [-0.1, -0.05) is 35.6 Å². The number of methoxy groups -OCH3 is 1. The zero-order valence-corrected chi connectivity index (χ0v) is 18.4. The lowest BCUT2D eigenvalue weighted by atomic mass is 9.91. The van der Waals surface area contributed by atoms with Gasteiger partial charge in [0.05, 0.1) is 37.1 Å². The van der Waals surface area contributed by atoms with Crippen molar-refractivity contribution in [1.82, 2.24) is 29.4 Å². The second-order valence-corrected chi connectivity index (χ2v) is 8.36. The fourth-order valence-electron chi connectivity index (χ4n) is 4.59. The first-order valence-electron chi connectivity index (χ1n) is 10.8. The summed E-state index contributed by atoms with van der Waals surface area (Å²) >= 11 is 0. The summed E-state index contributed by atoms with van der Waals surface area (Å²) in [6, 6.07) is 5.63. The van der Waals surface area contributed by atoms with E-state index in [2.05, 4.69) is 33.5 Å². The number of likely N-dealkylation sites (tertiary alicyclic amines) is 1. The zero-order chi connectivity index (χ0) is 22.2. The number of ether oxygens (including phenoxy) is 1. The van der Waals surface area contributed by atoms with Gasteiger partial charge in [0.1, 0.15) is 17.5 Å². The molecule has 1 amide bonds. The molecule has 0 radical (unpaired) electrons. The van der Waals surface area contributed by atoms with Crippen LogP contribution in [0.1, 0.15) is 24.6 Å². The predicted molar refractivity (Wildman–Crippen MR) is 120 cm³/mol. The highest BCUT2D eigenvalue weighted by atomic mass is 16.5. The maximum Gasteiger partial charge on any atom is 0.247 e. The summed E-state index contributed by atoms with van der Waals surface area (Å²) in [5.74, 6) is 1.12. The molecule has 0 spiro atoms. The van der Waals surface area contributed by atoms with E-state index < -0.39 is 0 Å². The van der Waals surface area contributed by atoms with Crippen LogP contribution >= 0.6 is 0 Å². The molecule has 1 saturated heterocycles. The van der Waals surface area contributed by atoms with Crippen molar-refractivity contribution in [3.63, 3.8) is 0 Å². The molecule has 5 rings (SSSR count). The van der Waals surface area contributed by atoms with Crippen molar-refractivity contribution in [2.45, 2.75) is 31.8 Å². The van der Waals surface area contributed by atoms with Crippen LogP contribution in [0.15, 0.2) is 61.2 Å². The summed E-state index contributed by atoms with van der Waals surface area (Å²) in [4.78, 5) is 19.3. The Morgan fingerprint density at radius 1 is 1.12 bits per heavy atom. The Hall–Kier alpha value is -3.68. The molecule has 1 aliphatic carbocycles. The predicted octanol–water partition coefficient (Wildman–Crippen LogP) is 3.35. The smallest absolute Gasteiger partial charge is 0.247 e. The van der Waals surface area contributed by atoms with E-state index in [1.54, 1.807) is 18.1 Å². The average Bonchev–Trinajstić information content (AvgIpc) is 3.45. The standard InChI is InChI=1S/C24H26N6O2/c1-16-13-29(15-25-16)21-10-9-18(12-23(21)32-3)19-14-30(27-26-19)22-11-8-17-6-4-5-7-20(17)28(2)24(22)31/h4-7,9-10,12-15,17,20,22H,8,11H2,1-3H3. The largest absolute Gasteiger partial charge is 0.495 e. The fraction of sp³-hybridized carbons (Fsp3) is 0.333. The summed E-state index contributed by atoms with van der Waals surface area (Å²) in [7, 11) is 3.52. The Labute approximate surface area is 186 Å². The van der Waals surface area contributed by atoms with Crippen molar-refractivity contribution < 1.29 is 9.53 Å². The number of amides is 1. The SMILES string of the molecule is COc1cc(-c2cn(C3CCC4C=CC=CC4N(C)C3=O)nn2)ccc1-n1cnc(C)c1. The molecule has 1 aromatic carbocycles. The van der Waals surface area contributed by atoms with Gasteiger partial charge in [-0.3, -0.25) is 4.79 Å². The average molecular weight is 431 g/mol. The van der Waals surface area contributed by atoms with E-state index in [0.29, 0.717) is 17.4 Å². The number of fused-ring (bicyclic) bond motifs is 1. The Morgan fingerprint density at radius 2 is 1.97 bits per heavy atom. The minimum Gasteiger partial charge on any atom is -0.495 e. The van der Waals surface area contributed by atoms with E-state index in [9.17, 15) is 4.79 Å². The molecule has 0 N–H and O–H groups in total. The number of carbonyl (C=O) groups is 1. The van der Waals surface area contributed by atoms with Gasteiger partial charge >= 0.3 is 0 Å². The van der Waals surface area contributed by atoms with Crippen LogP contribution in [0.3, 0.4) is 0 Å². The summed E-state index contributed by atoms with van der Waals surface area (Å²) in [6.45, 7) is 1.95. The molecule has 2 aliphatic rings. The molecule has 164 valence electrons.